The van der Waals surface area contributed by atoms with Crippen LogP contribution in [0.5, 0.6) is 5.75 Å². The van der Waals surface area contributed by atoms with Crippen LogP contribution in [-0.4, -0.2) is 74.9 Å². The van der Waals surface area contributed by atoms with Gasteiger partial charge in [0.2, 0.25) is 0 Å². The van der Waals surface area contributed by atoms with Gasteiger partial charge < -0.3 is 19.6 Å². The average molecular weight is 494 g/mol. The Hall–Kier alpha value is -4.06. The van der Waals surface area contributed by atoms with Gasteiger partial charge >= 0.3 is 5.97 Å². The maximum absolute atomic E-state index is 13.1. The number of nitrogens with one attached hydrogen (secondary N) is 2. The summed E-state index contributed by atoms with van der Waals surface area (Å²) in [6.45, 7) is 3.81. The van der Waals surface area contributed by atoms with Crippen molar-refractivity contribution in [1.82, 2.24) is 15.8 Å². The predicted molar refractivity (Wildman–Crippen MR) is 131 cm³/mol. The van der Waals surface area contributed by atoms with Gasteiger partial charge in [0.25, 0.3) is 11.8 Å². The van der Waals surface area contributed by atoms with Gasteiger partial charge in [0, 0.05) is 37.8 Å². The lowest BCUT2D eigenvalue weighted by Crippen LogP contribution is -2.42. The first-order chi connectivity index (χ1) is 17.5. The average Bonchev–Trinajstić information content (AvgIpc) is 3.29. The van der Waals surface area contributed by atoms with Gasteiger partial charge in [-0.05, 0) is 36.4 Å². The summed E-state index contributed by atoms with van der Waals surface area (Å²) < 4.78 is 10.5. The van der Waals surface area contributed by atoms with Crippen molar-refractivity contribution in [2.75, 3.05) is 51.5 Å². The number of carbonyl (C=O) groups is 3. The fourth-order valence-electron chi connectivity index (χ4n) is 3.60. The number of carbonyl (C=O) groups excluding carboxylic acids is 3. The number of amides is 2. The summed E-state index contributed by atoms with van der Waals surface area (Å²) in [5.74, 6) is -1.30. The van der Waals surface area contributed by atoms with Crippen LogP contribution >= 0.6 is 0 Å². The molecule has 0 aliphatic carbocycles. The molecular formula is C25H27N5O6. The Labute approximate surface area is 208 Å². The second-order valence-electron chi connectivity index (χ2n) is 7.92. The Balaban J connectivity index is 1.58. The highest BCUT2D eigenvalue weighted by Crippen LogP contribution is 2.24. The van der Waals surface area contributed by atoms with E-state index in [2.05, 4.69) is 20.8 Å². The summed E-state index contributed by atoms with van der Waals surface area (Å²) in [6.07, 6.45) is 1.23. The van der Waals surface area contributed by atoms with Gasteiger partial charge in [-0.1, -0.05) is 23.8 Å². The molecule has 2 saturated heterocycles. The summed E-state index contributed by atoms with van der Waals surface area (Å²) >= 11 is 0. The van der Waals surface area contributed by atoms with Gasteiger partial charge in [-0.15, -0.1) is 0 Å². The van der Waals surface area contributed by atoms with E-state index in [1.54, 1.807) is 61.7 Å². The molecule has 2 aromatic rings. The molecule has 0 spiro atoms. The molecule has 0 radical (unpaired) electrons. The van der Waals surface area contributed by atoms with Gasteiger partial charge in [0.15, 0.2) is 5.70 Å². The first-order valence-electron chi connectivity index (χ1n) is 11.4. The van der Waals surface area contributed by atoms with Gasteiger partial charge in [-0.3, -0.25) is 14.5 Å². The molecule has 4 rings (SSSR count). The summed E-state index contributed by atoms with van der Waals surface area (Å²) in [5.41, 5.74) is 3.14. The van der Waals surface area contributed by atoms with E-state index in [0.29, 0.717) is 43.3 Å². The third-order valence-electron chi connectivity index (χ3n) is 5.58. The molecular weight excluding hydrogens is 466 g/mol. The number of aliphatic imine (C=N–C) groups is 1. The monoisotopic (exact) mass is 493 g/mol. The number of morpholine rings is 1. The standard InChI is InChI=1S/C25H27N5O6/c1-34-20-9-7-19(8-10-20)30-22(25(33)36-28-30)17-21(27-23(31)18-5-3-2-4-6-18)24(32)26-11-12-29-13-15-35-16-14-29/h2-10,17,28H,11-16H2,1H3,(H,26,32)/b22-17+,27-21?. The molecule has 0 bridgehead atoms. The molecule has 2 aromatic carbocycles. The fraction of sp³-hybridized carbons (Fsp3) is 0.280. The van der Waals surface area contributed by atoms with E-state index >= 15 is 0 Å². The maximum atomic E-state index is 13.1. The minimum atomic E-state index is -0.730. The van der Waals surface area contributed by atoms with Crippen LogP contribution in [0.15, 0.2) is 71.4 Å². The van der Waals surface area contributed by atoms with E-state index < -0.39 is 17.8 Å². The lowest BCUT2D eigenvalue weighted by atomic mass is 10.2. The Bertz CT molecular complexity index is 1140. The van der Waals surface area contributed by atoms with Crippen LogP contribution in [0.2, 0.25) is 0 Å². The van der Waals surface area contributed by atoms with Gasteiger partial charge in [-0.2, -0.15) is 0 Å². The number of methoxy groups -OCH3 is 1. The van der Waals surface area contributed by atoms with Crippen LogP contribution in [-0.2, 0) is 19.2 Å². The van der Waals surface area contributed by atoms with Crippen molar-refractivity contribution in [3.63, 3.8) is 0 Å². The number of anilines is 1. The first-order valence-corrected chi connectivity index (χ1v) is 11.4. The molecule has 188 valence electrons. The number of hydrogen-bond donors (Lipinski definition) is 2. The molecule has 11 heteroatoms. The third kappa shape index (κ3) is 6.33. The highest BCUT2D eigenvalue weighted by Gasteiger charge is 2.31. The minimum absolute atomic E-state index is 0.0110. The molecule has 0 aromatic heterocycles. The molecule has 2 N–H and O–H groups in total. The SMILES string of the molecule is COc1ccc(N2NOC(=O)/C2=C\C(=NC(=O)c2ccccc2)C(=O)NCCN2CCOCC2)cc1. The van der Waals surface area contributed by atoms with Crippen LogP contribution in [0, 0.1) is 0 Å². The summed E-state index contributed by atoms with van der Waals surface area (Å²) in [6, 6.07) is 15.2. The lowest BCUT2D eigenvalue weighted by Gasteiger charge is -2.26. The number of ether oxygens (including phenoxy) is 2. The van der Waals surface area contributed by atoms with Crippen LogP contribution in [0.3, 0.4) is 0 Å². The van der Waals surface area contributed by atoms with Crippen LogP contribution in [0.1, 0.15) is 10.4 Å². The summed E-state index contributed by atoms with van der Waals surface area (Å²) in [5, 5.41) is 4.14. The van der Waals surface area contributed by atoms with Gasteiger partial charge in [-0.25, -0.2) is 14.8 Å². The van der Waals surface area contributed by atoms with Crippen LogP contribution in [0.4, 0.5) is 5.69 Å². The zero-order chi connectivity index (χ0) is 25.3. The van der Waals surface area contributed by atoms with E-state index in [-0.39, 0.29) is 11.4 Å². The number of hydrogen-bond acceptors (Lipinski definition) is 9. The van der Waals surface area contributed by atoms with E-state index in [9.17, 15) is 14.4 Å². The van der Waals surface area contributed by atoms with Crippen molar-refractivity contribution in [2.45, 2.75) is 0 Å². The largest absolute Gasteiger partial charge is 0.497 e. The summed E-state index contributed by atoms with van der Waals surface area (Å²) in [4.78, 5) is 49.5. The van der Waals surface area contributed by atoms with E-state index in [1.807, 2.05) is 0 Å². The molecule has 2 aliphatic heterocycles. The van der Waals surface area contributed by atoms with E-state index in [1.165, 1.54) is 11.1 Å². The van der Waals surface area contributed by atoms with Crippen molar-refractivity contribution in [2.24, 2.45) is 4.99 Å². The predicted octanol–water partition coefficient (Wildman–Crippen LogP) is 1.09. The number of rotatable bonds is 8. The Morgan fingerprint density at radius 2 is 1.83 bits per heavy atom. The van der Waals surface area contributed by atoms with Crippen molar-refractivity contribution in [3.8, 4) is 5.75 Å². The van der Waals surface area contributed by atoms with Crippen molar-refractivity contribution in [1.29, 1.82) is 0 Å². The normalized spacial score (nSPS) is 17.7. The Kier molecular flexibility index (Phi) is 8.40. The first kappa shape index (κ1) is 25.0. The van der Waals surface area contributed by atoms with Gasteiger partial charge in [0.1, 0.15) is 11.5 Å². The minimum Gasteiger partial charge on any atom is -0.497 e. The van der Waals surface area contributed by atoms with Crippen molar-refractivity contribution < 1.29 is 28.7 Å². The highest BCUT2D eigenvalue weighted by molar-refractivity contribution is 6.45. The van der Waals surface area contributed by atoms with Crippen LogP contribution in [0.25, 0.3) is 0 Å². The molecule has 2 amide bonds. The molecule has 2 heterocycles. The van der Waals surface area contributed by atoms with E-state index in [0.717, 1.165) is 13.1 Å². The Morgan fingerprint density at radius 3 is 2.53 bits per heavy atom. The lowest BCUT2D eigenvalue weighted by molar-refractivity contribution is -0.140. The highest BCUT2D eigenvalue weighted by atomic mass is 16.7. The summed E-state index contributed by atoms with van der Waals surface area (Å²) in [7, 11) is 1.55. The third-order valence-corrected chi connectivity index (χ3v) is 5.58. The second-order valence-corrected chi connectivity index (χ2v) is 7.92. The maximum Gasteiger partial charge on any atom is 0.376 e. The molecule has 0 saturated carbocycles. The Morgan fingerprint density at radius 1 is 1.11 bits per heavy atom. The smallest absolute Gasteiger partial charge is 0.376 e. The van der Waals surface area contributed by atoms with Gasteiger partial charge in [0.05, 0.1) is 26.0 Å². The number of hydrazine groups is 1. The van der Waals surface area contributed by atoms with Crippen molar-refractivity contribution >= 4 is 29.2 Å². The van der Waals surface area contributed by atoms with Crippen molar-refractivity contribution in [3.05, 3.63) is 71.9 Å². The quantitative estimate of drug-likeness (QED) is 0.411. The van der Waals surface area contributed by atoms with E-state index in [4.69, 9.17) is 14.3 Å². The molecule has 11 nitrogen and oxygen atoms in total. The fourth-order valence-corrected chi connectivity index (χ4v) is 3.60. The number of benzene rings is 2. The molecule has 0 unspecified atom stereocenters. The molecule has 0 atom stereocenters. The van der Waals surface area contributed by atoms with Crippen LogP contribution < -0.4 is 20.7 Å². The molecule has 36 heavy (non-hydrogen) atoms. The second kappa shape index (κ2) is 12.1. The topological polar surface area (TPSA) is 122 Å². The molecule has 2 aliphatic rings. The zero-order valence-electron chi connectivity index (χ0n) is 19.8. The molecule has 2 fully saturated rings. The number of nitrogens with zero attached hydrogens (tertiary/aromatic N) is 3. The zero-order valence-corrected chi connectivity index (χ0v) is 19.8.